The molecular weight excluding hydrogens is 336 g/mol. The molecule has 2 amide bonds. The summed E-state index contributed by atoms with van der Waals surface area (Å²) in [4.78, 5) is 38.7. The van der Waals surface area contributed by atoms with Gasteiger partial charge in [0.15, 0.2) is 0 Å². The van der Waals surface area contributed by atoms with Crippen molar-refractivity contribution < 1.29 is 19.5 Å². The van der Waals surface area contributed by atoms with Crippen LogP contribution >= 0.6 is 0 Å². The molecule has 0 bridgehead atoms. The summed E-state index contributed by atoms with van der Waals surface area (Å²) in [6, 6.07) is 2.54. The molecule has 0 saturated carbocycles. The highest BCUT2D eigenvalue weighted by atomic mass is 16.4. The Kier molecular flexibility index (Phi) is 10.6. The van der Waals surface area contributed by atoms with Gasteiger partial charge in [0.2, 0.25) is 5.91 Å². The van der Waals surface area contributed by atoms with E-state index in [0.29, 0.717) is 37.9 Å². The van der Waals surface area contributed by atoms with E-state index in [0.717, 1.165) is 19.3 Å². The third-order valence-electron chi connectivity index (χ3n) is 3.87. The lowest BCUT2D eigenvalue weighted by atomic mass is 10.1. The first-order chi connectivity index (χ1) is 12.5. The number of pyridine rings is 1. The fraction of sp³-hybridized carbons (Fsp3) is 0.556. The van der Waals surface area contributed by atoms with Gasteiger partial charge >= 0.3 is 5.97 Å². The number of nitrogens with two attached hydrogens (primary N) is 1. The Labute approximate surface area is 153 Å². The highest BCUT2D eigenvalue weighted by molar-refractivity contribution is 5.93. The van der Waals surface area contributed by atoms with Gasteiger partial charge in [0, 0.05) is 25.4 Å². The van der Waals surface area contributed by atoms with Gasteiger partial charge in [-0.15, -0.1) is 0 Å². The van der Waals surface area contributed by atoms with Crippen LogP contribution in [0.4, 0.5) is 0 Å². The lowest BCUT2D eigenvalue weighted by Gasteiger charge is -2.14. The molecule has 8 heteroatoms. The summed E-state index contributed by atoms with van der Waals surface area (Å²) in [6.45, 7) is 1.03. The van der Waals surface area contributed by atoms with Gasteiger partial charge < -0.3 is 21.5 Å². The van der Waals surface area contributed by atoms with Crippen molar-refractivity contribution in [3.05, 3.63) is 30.1 Å². The molecule has 8 nitrogen and oxygen atoms in total. The van der Waals surface area contributed by atoms with Crippen molar-refractivity contribution in [3.63, 3.8) is 0 Å². The van der Waals surface area contributed by atoms with E-state index >= 15 is 0 Å². The van der Waals surface area contributed by atoms with E-state index < -0.39 is 12.0 Å². The predicted molar refractivity (Wildman–Crippen MR) is 97.5 cm³/mol. The van der Waals surface area contributed by atoms with E-state index in [1.807, 2.05) is 0 Å². The third-order valence-corrected chi connectivity index (χ3v) is 3.87. The molecule has 0 saturated heterocycles. The second-order valence-electron chi connectivity index (χ2n) is 6.05. The van der Waals surface area contributed by atoms with Crippen LogP contribution in [0.1, 0.15) is 55.3 Å². The standard InChI is InChI=1S/C18H28N4O4/c19-10-4-3-8-15(18(25)26)22-16(23)9-2-1-5-12-21-17(24)14-7-6-11-20-13-14/h6-7,11,13,15H,1-5,8-10,12,19H2,(H,21,24)(H,22,23)(H,25,26)/t15-/m0/s1. The molecule has 0 fully saturated rings. The van der Waals surface area contributed by atoms with E-state index in [9.17, 15) is 14.4 Å². The van der Waals surface area contributed by atoms with Crippen LogP contribution in [0.3, 0.4) is 0 Å². The first kappa shape index (κ1) is 21.6. The van der Waals surface area contributed by atoms with E-state index in [-0.39, 0.29) is 18.2 Å². The minimum absolute atomic E-state index is 0.169. The number of carbonyl (C=O) groups is 3. The average Bonchev–Trinajstić information content (AvgIpc) is 2.64. The fourth-order valence-electron chi connectivity index (χ4n) is 2.41. The molecule has 0 aliphatic carbocycles. The second kappa shape index (κ2) is 12.8. The van der Waals surface area contributed by atoms with Crippen LogP contribution in [-0.2, 0) is 9.59 Å². The molecule has 1 heterocycles. The normalized spacial score (nSPS) is 11.6. The van der Waals surface area contributed by atoms with Gasteiger partial charge in [0.05, 0.1) is 5.56 Å². The molecule has 1 aromatic rings. The summed E-state index contributed by atoms with van der Waals surface area (Å²) in [5.74, 6) is -1.45. The molecule has 0 radical (unpaired) electrons. The molecule has 0 unspecified atom stereocenters. The van der Waals surface area contributed by atoms with Crippen LogP contribution in [0.25, 0.3) is 0 Å². The summed E-state index contributed by atoms with van der Waals surface area (Å²) >= 11 is 0. The molecular formula is C18H28N4O4. The van der Waals surface area contributed by atoms with Gasteiger partial charge in [-0.3, -0.25) is 14.6 Å². The van der Waals surface area contributed by atoms with Gasteiger partial charge in [-0.2, -0.15) is 0 Å². The molecule has 1 aromatic heterocycles. The average molecular weight is 364 g/mol. The predicted octanol–water partition coefficient (Wildman–Crippen LogP) is 1.07. The molecule has 1 rings (SSSR count). The Balaban J connectivity index is 2.13. The van der Waals surface area contributed by atoms with Crippen molar-refractivity contribution in [3.8, 4) is 0 Å². The summed E-state index contributed by atoms with van der Waals surface area (Å²) < 4.78 is 0. The first-order valence-corrected chi connectivity index (χ1v) is 8.95. The van der Waals surface area contributed by atoms with Crippen LogP contribution in [0, 0.1) is 0 Å². The number of carboxylic acid groups (broad SMARTS) is 1. The van der Waals surface area contributed by atoms with Crippen LogP contribution in [0.5, 0.6) is 0 Å². The fourth-order valence-corrected chi connectivity index (χ4v) is 2.41. The number of rotatable bonds is 13. The molecule has 0 aliphatic rings. The van der Waals surface area contributed by atoms with E-state index in [4.69, 9.17) is 10.8 Å². The number of unbranched alkanes of at least 4 members (excludes halogenated alkanes) is 3. The molecule has 0 spiro atoms. The van der Waals surface area contributed by atoms with Crippen LogP contribution < -0.4 is 16.4 Å². The maximum absolute atomic E-state index is 11.8. The van der Waals surface area contributed by atoms with Crippen molar-refractivity contribution in [2.24, 2.45) is 5.73 Å². The number of hydrogen-bond acceptors (Lipinski definition) is 5. The Morgan fingerprint density at radius 1 is 1.15 bits per heavy atom. The topological polar surface area (TPSA) is 134 Å². The summed E-state index contributed by atoms with van der Waals surface area (Å²) in [5.41, 5.74) is 5.90. The zero-order valence-electron chi connectivity index (χ0n) is 14.9. The van der Waals surface area contributed by atoms with Crippen LogP contribution in [0.2, 0.25) is 0 Å². The number of aromatic nitrogens is 1. The largest absolute Gasteiger partial charge is 0.480 e. The zero-order valence-corrected chi connectivity index (χ0v) is 14.9. The Bertz CT molecular complexity index is 566. The monoisotopic (exact) mass is 364 g/mol. The number of hydrogen-bond donors (Lipinski definition) is 4. The number of nitrogens with one attached hydrogen (secondary N) is 2. The minimum atomic E-state index is -1.02. The van der Waals surface area contributed by atoms with Gasteiger partial charge in [0.1, 0.15) is 6.04 Å². The smallest absolute Gasteiger partial charge is 0.326 e. The number of carboxylic acids is 1. The highest BCUT2D eigenvalue weighted by Crippen LogP contribution is 2.04. The maximum atomic E-state index is 11.8. The second-order valence-corrected chi connectivity index (χ2v) is 6.05. The van der Waals surface area contributed by atoms with Gasteiger partial charge in [-0.1, -0.05) is 6.42 Å². The molecule has 26 heavy (non-hydrogen) atoms. The summed E-state index contributed by atoms with van der Waals surface area (Å²) in [5, 5.41) is 14.5. The van der Waals surface area contributed by atoms with E-state index in [2.05, 4.69) is 15.6 Å². The minimum Gasteiger partial charge on any atom is -0.480 e. The van der Waals surface area contributed by atoms with Crippen molar-refractivity contribution in [2.75, 3.05) is 13.1 Å². The van der Waals surface area contributed by atoms with Crippen molar-refractivity contribution in [2.45, 2.75) is 51.0 Å². The molecule has 5 N–H and O–H groups in total. The number of amides is 2. The zero-order chi connectivity index (χ0) is 19.2. The lowest BCUT2D eigenvalue weighted by Crippen LogP contribution is -2.40. The Morgan fingerprint density at radius 3 is 2.62 bits per heavy atom. The number of aliphatic carboxylic acids is 1. The quantitative estimate of drug-likeness (QED) is 0.387. The molecule has 0 aliphatic heterocycles. The van der Waals surface area contributed by atoms with Gasteiger partial charge in [0.25, 0.3) is 5.91 Å². The van der Waals surface area contributed by atoms with Crippen molar-refractivity contribution in [1.82, 2.24) is 15.6 Å². The van der Waals surface area contributed by atoms with Crippen LogP contribution in [0.15, 0.2) is 24.5 Å². The van der Waals surface area contributed by atoms with Crippen LogP contribution in [-0.4, -0.2) is 47.0 Å². The Hall–Kier alpha value is -2.48. The maximum Gasteiger partial charge on any atom is 0.326 e. The molecule has 0 aromatic carbocycles. The van der Waals surface area contributed by atoms with Crippen molar-refractivity contribution >= 4 is 17.8 Å². The lowest BCUT2D eigenvalue weighted by molar-refractivity contribution is -0.142. The number of nitrogens with zero attached hydrogens (tertiary/aromatic N) is 1. The molecule has 1 atom stereocenters. The van der Waals surface area contributed by atoms with E-state index in [1.54, 1.807) is 18.3 Å². The van der Waals surface area contributed by atoms with Gasteiger partial charge in [-0.25, -0.2) is 4.79 Å². The summed E-state index contributed by atoms with van der Waals surface area (Å²) in [6.07, 6.45) is 7.35. The van der Waals surface area contributed by atoms with Gasteiger partial charge in [-0.05, 0) is 50.8 Å². The first-order valence-electron chi connectivity index (χ1n) is 8.95. The number of carbonyl (C=O) groups excluding carboxylic acids is 2. The summed E-state index contributed by atoms with van der Waals surface area (Å²) in [7, 11) is 0. The third kappa shape index (κ3) is 9.12. The molecule has 144 valence electrons. The SMILES string of the molecule is NCCCC[C@H](NC(=O)CCCCCNC(=O)c1cccnc1)C(=O)O. The van der Waals surface area contributed by atoms with Crippen molar-refractivity contribution in [1.29, 1.82) is 0 Å². The highest BCUT2D eigenvalue weighted by Gasteiger charge is 2.18. The van der Waals surface area contributed by atoms with E-state index in [1.165, 1.54) is 6.20 Å². The Morgan fingerprint density at radius 2 is 1.96 bits per heavy atom.